The molecule has 0 aliphatic rings. The highest BCUT2D eigenvalue weighted by molar-refractivity contribution is 7.99. The molecule has 7 heteroatoms. The SMILES string of the molecule is CCCNC(C)(CCCCSc1nccc(=O)[nH]1)C(=O)O. The fraction of sp³-hybridized carbons (Fsp3) is 0.643. The van der Waals surface area contributed by atoms with Crippen molar-refractivity contribution in [1.82, 2.24) is 15.3 Å². The van der Waals surface area contributed by atoms with Crippen molar-refractivity contribution in [3.05, 3.63) is 22.6 Å². The Balaban J connectivity index is 2.31. The van der Waals surface area contributed by atoms with Gasteiger partial charge in [0.1, 0.15) is 5.54 Å². The van der Waals surface area contributed by atoms with E-state index in [4.69, 9.17) is 0 Å². The molecule has 0 aromatic carbocycles. The molecule has 3 N–H and O–H groups in total. The molecule has 0 saturated carbocycles. The van der Waals surface area contributed by atoms with E-state index in [9.17, 15) is 14.7 Å². The van der Waals surface area contributed by atoms with Gasteiger partial charge >= 0.3 is 5.97 Å². The van der Waals surface area contributed by atoms with Crippen molar-refractivity contribution in [3.8, 4) is 0 Å². The van der Waals surface area contributed by atoms with Gasteiger partial charge in [0.25, 0.3) is 5.56 Å². The minimum absolute atomic E-state index is 0.158. The van der Waals surface area contributed by atoms with Crippen LogP contribution in [0.15, 0.2) is 22.2 Å². The Morgan fingerprint density at radius 3 is 2.90 bits per heavy atom. The zero-order valence-corrected chi connectivity index (χ0v) is 13.3. The second-order valence-electron chi connectivity index (χ2n) is 5.11. The summed E-state index contributed by atoms with van der Waals surface area (Å²) in [7, 11) is 0. The molecular weight excluding hydrogens is 290 g/mol. The van der Waals surface area contributed by atoms with Crippen LogP contribution >= 0.6 is 11.8 Å². The van der Waals surface area contributed by atoms with Crippen LogP contribution in [0.1, 0.15) is 39.5 Å². The Morgan fingerprint density at radius 1 is 1.52 bits per heavy atom. The van der Waals surface area contributed by atoms with Crippen LogP contribution in [-0.2, 0) is 4.79 Å². The van der Waals surface area contributed by atoms with E-state index in [-0.39, 0.29) is 5.56 Å². The number of thioether (sulfide) groups is 1. The molecular formula is C14H23N3O3S. The Morgan fingerprint density at radius 2 is 2.29 bits per heavy atom. The highest BCUT2D eigenvalue weighted by Crippen LogP contribution is 2.18. The largest absolute Gasteiger partial charge is 0.480 e. The number of unbranched alkanes of at least 4 members (excludes halogenated alkanes) is 1. The fourth-order valence-electron chi connectivity index (χ4n) is 1.85. The molecule has 0 aliphatic carbocycles. The molecule has 0 fully saturated rings. The first kappa shape index (κ1) is 17.7. The van der Waals surface area contributed by atoms with Gasteiger partial charge in [-0.05, 0) is 32.7 Å². The zero-order valence-electron chi connectivity index (χ0n) is 12.5. The Hall–Kier alpha value is -1.34. The third-order valence-corrected chi connectivity index (χ3v) is 4.17. The lowest BCUT2D eigenvalue weighted by Gasteiger charge is -2.26. The average Bonchev–Trinajstić information content (AvgIpc) is 2.44. The monoisotopic (exact) mass is 313 g/mol. The number of H-pyrrole nitrogens is 1. The molecule has 21 heavy (non-hydrogen) atoms. The molecule has 0 bridgehead atoms. The van der Waals surface area contributed by atoms with Gasteiger partial charge in [0.15, 0.2) is 5.16 Å². The standard InChI is InChI=1S/C14H23N3O3S/c1-3-8-16-14(2,12(19)20)7-4-5-10-21-13-15-9-6-11(18)17-13/h6,9,16H,3-5,7-8,10H2,1-2H3,(H,19,20)(H,15,17,18). The molecule has 1 aromatic rings. The first-order chi connectivity index (χ1) is 9.98. The van der Waals surface area contributed by atoms with Crippen molar-refractivity contribution in [3.63, 3.8) is 0 Å². The number of aromatic nitrogens is 2. The topological polar surface area (TPSA) is 95.1 Å². The van der Waals surface area contributed by atoms with E-state index in [0.29, 0.717) is 18.1 Å². The number of carbonyl (C=O) groups is 1. The van der Waals surface area contributed by atoms with Crippen molar-refractivity contribution in [1.29, 1.82) is 0 Å². The van der Waals surface area contributed by atoms with Crippen molar-refractivity contribution >= 4 is 17.7 Å². The van der Waals surface area contributed by atoms with Gasteiger partial charge in [-0.15, -0.1) is 0 Å². The van der Waals surface area contributed by atoms with Gasteiger partial charge in [-0.2, -0.15) is 0 Å². The molecule has 0 spiro atoms. The molecule has 0 saturated heterocycles. The predicted molar refractivity (Wildman–Crippen MR) is 83.8 cm³/mol. The van der Waals surface area contributed by atoms with Crippen molar-refractivity contribution in [2.24, 2.45) is 0 Å². The zero-order chi connectivity index (χ0) is 15.7. The Labute approximate surface area is 128 Å². The second-order valence-corrected chi connectivity index (χ2v) is 6.19. The van der Waals surface area contributed by atoms with Crippen LogP contribution in [0.5, 0.6) is 0 Å². The molecule has 0 aliphatic heterocycles. The highest BCUT2D eigenvalue weighted by Gasteiger charge is 2.31. The third-order valence-electron chi connectivity index (χ3n) is 3.19. The molecule has 0 amide bonds. The summed E-state index contributed by atoms with van der Waals surface area (Å²) >= 11 is 1.48. The quantitative estimate of drug-likeness (QED) is 0.347. The van der Waals surface area contributed by atoms with E-state index in [1.54, 1.807) is 6.92 Å². The van der Waals surface area contributed by atoms with Crippen molar-refractivity contribution < 1.29 is 9.90 Å². The first-order valence-corrected chi connectivity index (χ1v) is 8.13. The minimum Gasteiger partial charge on any atom is -0.480 e. The van der Waals surface area contributed by atoms with Gasteiger partial charge in [-0.25, -0.2) is 4.98 Å². The van der Waals surface area contributed by atoms with E-state index in [0.717, 1.165) is 25.0 Å². The molecule has 118 valence electrons. The van der Waals surface area contributed by atoms with Crippen LogP contribution in [0.2, 0.25) is 0 Å². The molecule has 1 rings (SSSR count). The summed E-state index contributed by atoms with van der Waals surface area (Å²) in [6, 6.07) is 1.38. The highest BCUT2D eigenvalue weighted by atomic mass is 32.2. The van der Waals surface area contributed by atoms with Gasteiger partial charge < -0.3 is 15.4 Å². The lowest BCUT2D eigenvalue weighted by atomic mass is 9.95. The smallest absolute Gasteiger partial charge is 0.323 e. The van der Waals surface area contributed by atoms with E-state index in [1.807, 2.05) is 6.92 Å². The number of nitrogens with one attached hydrogen (secondary N) is 2. The number of rotatable bonds is 10. The lowest BCUT2D eigenvalue weighted by Crippen LogP contribution is -2.49. The minimum atomic E-state index is -0.861. The van der Waals surface area contributed by atoms with Crippen LogP contribution in [-0.4, -0.2) is 38.9 Å². The van der Waals surface area contributed by atoms with Gasteiger partial charge in [0.2, 0.25) is 0 Å². The maximum atomic E-state index is 11.3. The predicted octanol–water partition coefficient (Wildman–Crippen LogP) is 1.88. The molecule has 0 radical (unpaired) electrons. The van der Waals surface area contributed by atoms with Gasteiger partial charge in [-0.1, -0.05) is 25.1 Å². The first-order valence-electron chi connectivity index (χ1n) is 7.14. The van der Waals surface area contributed by atoms with Crippen molar-refractivity contribution in [2.45, 2.75) is 50.2 Å². The third kappa shape index (κ3) is 6.31. The Bertz CT molecular complexity index is 506. The summed E-state index contributed by atoms with van der Waals surface area (Å²) in [5.41, 5.74) is -1.02. The number of hydrogen-bond donors (Lipinski definition) is 3. The van der Waals surface area contributed by atoms with Gasteiger partial charge in [0.05, 0.1) is 0 Å². The summed E-state index contributed by atoms with van der Waals surface area (Å²) < 4.78 is 0. The van der Waals surface area contributed by atoms with E-state index < -0.39 is 11.5 Å². The van der Waals surface area contributed by atoms with Gasteiger partial charge in [0, 0.05) is 18.0 Å². The summed E-state index contributed by atoms with van der Waals surface area (Å²) in [5.74, 6) is -0.00571. The summed E-state index contributed by atoms with van der Waals surface area (Å²) in [6.07, 6.45) is 4.66. The summed E-state index contributed by atoms with van der Waals surface area (Å²) in [5, 5.41) is 13.0. The number of hydrogen-bond acceptors (Lipinski definition) is 5. The number of aliphatic carboxylic acids is 1. The Kier molecular flexibility index (Phi) is 7.45. The number of nitrogens with zero attached hydrogens (tertiary/aromatic N) is 1. The summed E-state index contributed by atoms with van der Waals surface area (Å²) in [4.78, 5) is 29.1. The molecule has 1 heterocycles. The van der Waals surface area contributed by atoms with Crippen LogP contribution in [0.3, 0.4) is 0 Å². The fourth-order valence-corrected chi connectivity index (χ4v) is 2.70. The average molecular weight is 313 g/mol. The molecule has 1 unspecified atom stereocenters. The van der Waals surface area contributed by atoms with E-state index in [2.05, 4.69) is 15.3 Å². The number of carboxylic acids is 1. The van der Waals surface area contributed by atoms with E-state index >= 15 is 0 Å². The molecule has 1 aromatic heterocycles. The summed E-state index contributed by atoms with van der Waals surface area (Å²) in [6.45, 7) is 4.45. The van der Waals surface area contributed by atoms with Crippen LogP contribution in [0.4, 0.5) is 0 Å². The van der Waals surface area contributed by atoms with Gasteiger partial charge in [-0.3, -0.25) is 9.59 Å². The van der Waals surface area contributed by atoms with E-state index in [1.165, 1.54) is 24.0 Å². The van der Waals surface area contributed by atoms with Crippen LogP contribution < -0.4 is 10.9 Å². The lowest BCUT2D eigenvalue weighted by molar-refractivity contribution is -0.144. The normalized spacial score (nSPS) is 13.8. The van der Waals surface area contributed by atoms with Crippen LogP contribution in [0, 0.1) is 0 Å². The number of carboxylic acid groups (broad SMARTS) is 1. The molecule has 1 atom stereocenters. The maximum absolute atomic E-state index is 11.3. The second kappa shape index (κ2) is 8.84. The van der Waals surface area contributed by atoms with Crippen molar-refractivity contribution in [2.75, 3.05) is 12.3 Å². The van der Waals surface area contributed by atoms with Crippen LogP contribution in [0.25, 0.3) is 0 Å². The molecule has 6 nitrogen and oxygen atoms in total. The number of aromatic amines is 1. The maximum Gasteiger partial charge on any atom is 0.323 e.